The number of hydrogen-bond acceptors (Lipinski definition) is 3. The number of carbonyl (C=O) groups is 1. The van der Waals surface area contributed by atoms with Crippen molar-refractivity contribution >= 4 is 57.6 Å². The molecule has 116 valence electrons. The highest BCUT2D eigenvalue weighted by Crippen LogP contribution is 2.38. The first-order valence-corrected chi connectivity index (χ1v) is 8.68. The zero-order chi connectivity index (χ0) is 16.6. The van der Waals surface area contributed by atoms with E-state index < -0.39 is 0 Å². The first-order valence-electron chi connectivity index (χ1n) is 7.08. The molecule has 0 saturated carbocycles. The molecule has 1 heterocycles. The van der Waals surface area contributed by atoms with Crippen LogP contribution in [0.3, 0.4) is 0 Å². The topological polar surface area (TPSA) is 20.3 Å². The smallest absolute Gasteiger partial charge is 0.268 e. The average molecular weight is 360 g/mol. The molecular weight excluding hydrogens is 346 g/mol. The molecule has 5 heteroatoms. The van der Waals surface area contributed by atoms with Crippen molar-refractivity contribution in [2.75, 3.05) is 4.90 Å². The predicted molar refractivity (Wildman–Crippen MR) is 103 cm³/mol. The standard InChI is InChI=1S/C18H14ClNOS2/c1-11-6-5-9-15(12(11)2)20-17(21)16(23-18(20)22)10-13-7-3-4-8-14(13)19/h3-10H,1-2H3. The van der Waals surface area contributed by atoms with E-state index in [2.05, 4.69) is 0 Å². The molecule has 0 aliphatic carbocycles. The number of nitrogens with zero attached hydrogens (tertiary/aromatic N) is 1. The highest BCUT2D eigenvalue weighted by Gasteiger charge is 2.34. The van der Waals surface area contributed by atoms with Gasteiger partial charge in [-0.25, -0.2) is 0 Å². The molecule has 1 saturated heterocycles. The Morgan fingerprint density at radius 1 is 1.13 bits per heavy atom. The van der Waals surface area contributed by atoms with E-state index in [1.807, 2.05) is 50.2 Å². The molecule has 0 radical (unpaired) electrons. The van der Waals surface area contributed by atoms with Gasteiger partial charge in [0.2, 0.25) is 0 Å². The first-order chi connectivity index (χ1) is 11.0. The van der Waals surface area contributed by atoms with Crippen molar-refractivity contribution in [1.29, 1.82) is 0 Å². The van der Waals surface area contributed by atoms with Gasteiger partial charge in [-0.05, 0) is 48.7 Å². The van der Waals surface area contributed by atoms with Crippen LogP contribution in [0.15, 0.2) is 47.4 Å². The molecule has 0 unspecified atom stereocenters. The second-order valence-corrected chi connectivity index (χ2v) is 7.34. The molecule has 1 fully saturated rings. The Bertz CT molecular complexity index is 845. The lowest BCUT2D eigenvalue weighted by Gasteiger charge is -2.18. The molecule has 23 heavy (non-hydrogen) atoms. The van der Waals surface area contributed by atoms with Crippen LogP contribution < -0.4 is 4.90 Å². The lowest BCUT2D eigenvalue weighted by atomic mass is 10.1. The number of aryl methyl sites for hydroxylation is 1. The minimum Gasteiger partial charge on any atom is -0.268 e. The van der Waals surface area contributed by atoms with Gasteiger partial charge in [-0.15, -0.1) is 0 Å². The molecule has 2 nitrogen and oxygen atoms in total. The van der Waals surface area contributed by atoms with Crippen LogP contribution in [0.5, 0.6) is 0 Å². The van der Waals surface area contributed by atoms with Crippen molar-refractivity contribution in [1.82, 2.24) is 0 Å². The van der Waals surface area contributed by atoms with E-state index in [4.69, 9.17) is 23.8 Å². The second kappa shape index (κ2) is 6.48. The minimum absolute atomic E-state index is 0.103. The fourth-order valence-electron chi connectivity index (χ4n) is 2.39. The Balaban J connectivity index is 2.01. The summed E-state index contributed by atoms with van der Waals surface area (Å²) in [6.07, 6.45) is 1.80. The Hall–Kier alpha value is -1.62. The van der Waals surface area contributed by atoms with E-state index in [1.54, 1.807) is 17.0 Å². The van der Waals surface area contributed by atoms with Crippen LogP contribution in [-0.4, -0.2) is 10.2 Å². The van der Waals surface area contributed by atoms with Gasteiger partial charge in [0.05, 0.1) is 10.6 Å². The number of anilines is 1. The molecule has 1 aliphatic rings. The summed E-state index contributed by atoms with van der Waals surface area (Å²) in [5, 5.41) is 0.615. The number of thioether (sulfide) groups is 1. The van der Waals surface area contributed by atoms with Crippen LogP contribution in [0.4, 0.5) is 5.69 Å². The van der Waals surface area contributed by atoms with Crippen LogP contribution in [0.2, 0.25) is 5.02 Å². The molecule has 0 aromatic heterocycles. The maximum Gasteiger partial charge on any atom is 0.270 e. The van der Waals surface area contributed by atoms with Crippen molar-refractivity contribution in [3.05, 3.63) is 69.1 Å². The van der Waals surface area contributed by atoms with Gasteiger partial charge < -0.3 is 0 Å². The average Bonchev–Trinajstić information content (AvgIpc) is 2.79. The van der Waals surface area contributed by atoms with E-state index in [0.29, 0.717) is 14.2 Å². The fraction of sp³-hybridized carbons (Fsp3) is 0.111. The zero-order valence-corrected chi connectivity index (χ0v) is 15.1. The number of amides is 1. The maximum absolute atomic E-state index is 12.8. The van der Waals surface area contributed by atoms with Gasteiger partial charge in [0.1, 0.15) is 0 Å². The number of benzene rings is 2. The molecule has 0 N–H and O–H groups in total. The highest BCUT2D eigenvalue weighted by molar-refractivity contribution is 8.27. The minimum atomic E-state index is -0.103. The van der Waals surface area contributed by atoms with E-state index >= 15 is 0 Å². The molecule has 3 rings (SSSR count). The molecular formula is C18H14ClNOS2. The molecule has 1 aliphatic heterocycles. The Morgan fingerprint density at radius 2 is 1.87 bits per heavy atom. The molecule has 0 spiro atoms. The normalized spacial score (nSPS) is 16.5. The van der Waals surface area contributed by atoms with Gasteiger partial charge in [0.15, 0.2) is 4.32 Å². The third-order valence-electron chi connectivity index (χ3n) is 3.80. The summed E-state index contributed by atoms with van der Waals surface area (Å²) in [4.78, 5) is 15.0. The van der Waals surface area contributed by atoms with E-state index in [1.165, 1.54) is 11.8 Å². The highest BCUT2D eigenvalue weighted by atomic mass is 35.5. The SMILES string of the molecule is Cc1cccc(N2C(=O)C(=Cc3ccccc3Cl)SC2=S)c1C. The lowest BCUT2D eigenvalue weighted by Crippen LogP contribution is -2.28. The van der Waals surface area contributed by atoms with E-state index in [0.717, 1.165) is 22.4 Å². The van der Waals surface area contributed by atoms with Crippen LogP contribution in [-0.2, 0) is 4.79 Å². The Morgan fingerprint density at radius 3 is 2.61 bits per heavy atom. The number of hydrogen-bond donors (Lipinski definition) is 0. The summed E-state index contributed by atoms with van der Waals surface area (Å²) in [5.41, 5.74) is 3.85. The lowest BCUT2D eigenvalue weighted by molar-refractivity contribution is -0.113. The quantitative estimate of drug-likeness (QED) is 0.531. The Labute approximate surface area is 150 Å². The predicted octanol–water partition coefficient (Wildman–Crippen LogP) is 5.36. The second-order valence-electron chi connectivity index (χ2n) is 5.26. The van der Waals surface area contributed by atoms with Gasteiger partial charge in [-0.2, -0.15) is 0 Å². The largest absolute Gasteiger partial charge is 0.270 e. The van der Waals surface area contributed by atoms with Gasteiger partial charge in [0, 0.05) is 5.02 Å². The summed E-state index contributed by atoms with van der Waals surface area (Å²) in [5.74, 6) is -0.103. The Kier molecular flexibility index (Phi) is 4.57. The van der Waals surface area contributed by atoms with Crippen LogP contribution in [0, 0.1) is 13.8 Å². The number of halogens is 1. The van der Waals surface area contributed by atoms with Gasteiger partial charge >= 0.3 is 0 Å². The van der Waals surface area contributed by atoms with Gasteiger partial charge in [-0.3, -0.25) is 9.69 Å². The number of rotatable bonds is 2. The summed E-state index contributed by atoms with van der Waals surface area (Å²) in [6.45, 7) is 4.02. The number of carbonyl (C=O) groups excluding carboxylic acids is 1. The van der Waals surface area contributed by atoms with Gasteiger partial charge in [0.25, 0.3) is 5.91 Å². The molecule has 0 bridgehead atoms. The maximum atomic E-state index is 12.8. The van der Waals surface area contributed by atoms with Gasteiger partial charge in [-0.1, -0.05) is 65.9 Å². The van der Waals surface area contributed by atoms with Crippen molar-refractivity contribution < 1.29 is 4.79 Å². The molecule has 2 aromatic rings. The summed E-state index contributed by atoms with van der Waals surface area (Å²) in [7, 11) is 0. The van der Waals surface area contributed by atoms with E-state index in [-0.39, 0.29) is 5.91 Å². The van der Waals surface area contributed by atoms with Crippen molar-refractivity contribution in [3.63, 3.8) is 0 Å². The van der Waals surface area contributed by atoms with Crippen molar-refractivity contribution in [2.45, 2.75) is 13.8 Å². The molecule has 1 amide bonds. The van der Waals surface area contributed by atoms with Crippen molar-refractivity contribution in [3.8, 4) is 0 Å². The monoisotopic (exact) mass is 359 g/mol. The van der Waals surface area contributed by atoms with Crippen LogP contribution in [0.25, 0.3) is 6.08 Å². The van der Waals surface area contributed by atoms with Crippen LogP contribution in [0.1, 0.15) is 16.7 Å². The fourth-order valence-corrected chi connectivity index (χ4v) is 3.85. The molecule has 0 atom stereocenters. The number of thiocarbonyl (C=S) groups is 1. The third kappa shape index (κ3) is 3.07. The summed E-state index contributed by atoms with van der Waals surface area (Å²) in [6, 6.07) is 13.3. The van der Waals surface area contributed by atoms with Crippen LogP contribution >= 0.6 is 35.6 Å². The summed E-state index contributed by atoms with van der Waals surface area (Å²) < 4.78 is 0.544. The summed E-state index contributed by atoms with van der Waals surface area (Å²) >= 11 is 12.9. The third-order valence-corrected chi connectivity index (χ3v) is 5.45. The molecule has 2 aromatic carbocycles. The zero-order valence-electron chi connectivity index (χ0n) is 12.7. The van der Waals surface area contributed by atoms with Crippen molar-refractivity contribution in [2.24, 2.45) is 0 Å². The van der Waals surface area contributed by atoms with E-state index in [9.17, 15) is 4.79 Å². The first kappa shape index (κ1) is 16.2.